The molecule has 0 aromatic rings. The third-order valence-electron chi connectivity index (χ3n) is 2.59. The minimum atomic E-state index is -0.468. The number of primary amides is 1. The van der Waals surface area contributed by atoms with Crippen LogP contribution in [0.1, 0.15) is 27.2 Å². The zero-order chi connectivity index (χ0) is 12.7. The average Bonchev–Trinajstić information content (AvgIpc) is 2.16. The highest BCUT2D eigenvalue weighted by molar-refractivity contribution is 5.87. The zero-order valence-corrected chi connectivity index (χ0v) is 10.3. The van der Waals surface area contributed by atoms with Crippen molar-refractivity contribution in [3.8, 4) is 0 Å². The van der Waals surface area contributed by atoms with E-state index in [0.717, 1.165) is 0 Å². The highest BCUT2D eigenvalue weighted by atomic mass is 16.2. The van der Waals surface area contributed by atoms with Gasteiger partial charge in [0.15, 0.2) is 0 Å². The molecule has 0 aromatic carbocycles. The maximum atomic E-state index is 11.9. The van der Waals surface area contributed by atoms with Gasteiger partial charge in [-0.3, -0.25) is 9.59 Å². The van der Waals surface area contributed by atoms with Crippen molar-refractivity contribution in [1.82, 2.24) is 5.32 Å². The van der Waals surface area contributed by atoms with Crippen molar-refractivity contribution in [1.29, 1.82) is 0 Å². The Bertz CT molecular complexity index is 262. The first-order chi connectivity index (χ1) is 7.45. The third-order valence-corrected chi connectivity index (χ3v) is 2.59. The number of hydrogen-bond acceptors (Lipinski definition) is 2. The Kier molecular flexibility index (Phi) is 6.46. The zero-order valence-electron chi connectivity index (χ0n) is 10.3. The molecule has 0 saturated carbocycles. The first-order valence-electron chi connectivity index (χ1n) is 5.63. The van der Waals surface area contributed by atoms with E-state index >= 15 is 0 Å². The van der Waals surface area contributed by atoms with Gasteiger partial charge in [0, 0.05) is 6.54 Å². The van der Waals surface area contributed by atoms with E-state index in [1.807, 2.05) is 20.8 Å². The monoisotopic (exact) mass is 226 g/mol. The summed E-state index contributed by atoms with van der Waals surface area (Å²) in [5.74, 6) is -1.32. The third kappa shape index (κ3) is 4.04. The molecule has 3 N–H and O–H groups in total. The normalized spacial score (nSPS) is 14.2. The number of rotatable bonds is 7. The molecule has 2 amide bonds. The first kappa shape index (κ1) is 14.7. The van der Waals surface area contributed by atoms with Gasteiger partial charge in [0.25, 0.3) is 0 Å². The number of carbonyl (C=O) groups excluding carboxylic acids is 2. The standard InChI is InChI=1S/C12H22N2O2/c1-5-7-9(11(13)15)10(8(3)4)12(16)14-6-2/h5,8-10H,1,6-7H2,2-4H3,(H2,13,15)(H,14,16)/t9-,10+/m0/s1. The van der Waals surface area contributed by atoms with Gasteiger partial charge in [-0.15, -0.1) is 6.58 Å². The van der Waals surface area contributed by atoms with Crippen LogP contribution in [0.3, 0.4) is 0 Å². The lowest BCUT2D eigenvalue weighted by Crippen LogP contribution is -2.42. The van der Waals surface area contributed by atoms with Crippen molar-refractivity contribution in [2.75, 3.05) is 6.54 Å². The quantitative estimate of drug-likeness (QED) is 0.637. The summed E-state index contributed by atoms with van der Waals surface area (Å²) in [5.41, 5.74) is 5.33. The van der Waals surface area contributed by atoms with Gasteiger partial charge in [-0.25, -0.2) is 0 Å². The summed E-state index contributed by atoms with van der Waals surface area (Å²) in [6, 6.07) is 0. The van der Waals surface area contributed by atoms with Crippen LogP contribution < -0.4 is 11.1 Å². The smallest absolute Gasteiger partial charge is 0.224 e. The minimum Gasteiger partial charge on any atom is -0.369 e. The topological polar surface area (TPSA) is 72.2 Å². The summed E-state index contributed by atoms with van der Waals surface area (Å²) in [6.45, 7) is 9.83. The van der Waals surface area contributed by atoms with Crippen molar-refractivity contribution < 1.29 is 9.59 Å². The molecule has 92 valence electrons. The van der Waals surface area contributed by atoms with Crippen molar-refractivity contribution in [2.24, 2.45) is 23.5 Å². The van der Waals surface area contributed by atoms with E-state index in [1.165, 1.54) is 0 Å². The van der Waals surface area contributed by atoms with E-state index in [9.17, 15) is 9.59 Å². The van der Waals surface area contributed by atoms with Gasteiger partial charge in [-0.1, -0.05) is 19.9 Å². The molecule has 0 aliphatic heterocycles. The number of hydrogen-bond donors (Lipinski definition) is 2. The average molecular weight is 226 g/mol. The molecule has 0 radical (unpaired) electrons. The van der Waals surface area contributed by atoms with Crippen molar-refractivity contribution in [3.63, 3.8) is 0 Å². The molecule has 4 nitrogen and oxygen atoms in total. The second-order valence-electron chi connectivity index (χ2n) is 4.20. The Morgan fingerprint density at radius 2 is 2.00 bits per heavy atom. The van der Waals surface area contributed by atoms with Crippen molar-refractivity contribution in [3.05, 3.63) is 12.7 Å². The molecule has 0 aromatic heterocycles. The fourth-order valence-electron chi connectivity index (χ4n) is 1.86. The second-order valence-corrected chi connectivity index (χ2v) is 4.20. The van der Waals surface area contributed by atoms with Gasteiger partial charge in [0.05, 0.1) is 11.8 Å². The van der Waals surface area contributed by atoms with Gasteiger partial charge >= 0.3 is 0 Å². The number of amides is 2. The molecule has 0 aliphatic carbocycles. The molecule has 4 heteroatoms. The van der Waals surface area contributed by atoms with Crippen LogP contribution in [0.25, 0.3) is 0 Å². The van der Waals surface area contributed by atoms with Crippen molar-refractivity contribution >= 4 is 11.8 Å². The largest absolute Gasteiger partial charge is 0.369 e. The molecule has 0 aliphatic rings. The molecule has 0 spiro atoms. The SMILES string of the molecule is C=CC[C@H](C(N)=O)[C@H](C(=O)NCC)C(C)C. The summed E-state index contributed by atoms with van der Waals surface area (Å²) >= 11 is 0. The van der Waals surface area contributed by atoms with Gasteiger partial charge in [-0.05, 0) is 19.3 Å². The van der Waals surface area contributed by atoms with Gasteiger partial charge in [0.1, 0.15) is 0 Å². The van der Waals surface area contributed by atoms with E-state index in [2.05, 4.69) is 11.9 Å². The van der Waals surface area contributed by atoms with Crippen molar-refractivity contribution in [2.45, 2.75) is 27.2 Å². The van der Waals surface area contributed by atoms with Crippen LogP contribution in [0, 0.1) is 17.8 Å². The maximum absolute atomic E-state index is 11.9. The van der Waals surface area contributed by atoms with E-state index in [0.29, 0.717) is 13.0 Å². The van der Waals surface area contributed by atoms with Gasteiger partial charge in [0.2, 0.25) is 11.8 Å². The summed E-state index contributed by atoms with van der Waals surface area (Å²) in [4.78, 5) is 23.2. The summed E-state index contributed by atoms with van der Waals surface area (Å²) in [6.07, 6.45) is 2.07. The summed E-state index contributed by atoms with van der Waals surface area (Å²) in [7, 11) is 0. The Labute approximate surface area is 97.3 Å². The Morgan fingerprint density at radius 1 is 1.44 bits per heavy atom. The van der Waals surface area contributed by atoms with E-state index in [1.54, 1.807) is 6.08 Å². The van der Waals surface area contributed by atoms with Crippen LogP contribution in [-0.2, 0) is 9.59 Å². The number of nitrogens with one attached hydrogen (secondary N) is 1. The Hall–Kier alpha value is -1.32. The highest BCUT2D eigenvalue weighted by Gasteiger charge is 2.33. The maximum Gasteiger partial charge on any atom is 0.224 e. The molecular formula is C12H22N2O2. The van der Waals surface area contributed by atoms with Crippen LogP contribution in [-0.4, -0.2) is 18.4 Å². The van der Waals surface area contributed by atoms with Gasteiger partial charge in [-0.2, -0.15) is 0 Å². The molecule has 0 bridgehead atoms. The molecular weight excluding hydrogens is 204 g/mol. The lowest BCUT2D eigenvalue weighted by molar-refractivity contribution is -0.134. The van der Waals surface area contributed by atoms with E-state index in [-0.39, 0.29) is 17.7 Å². The van der Waals surface area contributed by atoms with E-state index in [4.69, 9.17) is 5.73 Å². The fourth-order valence-corrected chi connectivity index (χ4v) is 1.86. The van der Waals surface area contributed by atoms with Gasteiger partial charge < -0.3 is 11.1 Å². The Morgan fingerprint density at radius 3 is 2.31 bits per heavy atom. The fraction of sp³-hybridized carbons (Fsp3) is 0.667. The second kappa shape index (κ2) is 7.04. The predicted molar refractivity (Wildman–Crippen MR) is 64.5 cm³/mol. The highest BCUT2D eigenvalue weighted by Crippen LogP contribution is 2.24. The number of nitrogens with two attached hydrogens (primary N) is 1. The molecule has 0 fully saturated rings. The van der Waals surface area contributed by atoms with E-state index < -0.39 is 11.8 Å². The van der Waals surface area contributed by atoms with Crippen LogP contribution in [0.15, 0.2) is 12.7 Å². The molecule has 0 heterocycles. The van der Waals surface area contributed by atoms with Crippen LogP contribution in [0.5, 0.6) is 0 Å². The molecule has 2 atom stereocenters. The van der Waals surface area contributed by atoms with Crippen LogP contribution in [0.4, 0.5) is 0 Å². The molecule has 16 heavy (non-hydrogen) atoms. The Balaban J connectivity index is 4.90. The van der Waals surface area contributed by atoms with Crippen LogP contribution >= 0.6 is 0 Å². The molecule has 0 unspecified atom stereocenters. The summed E-state index contributed by atoms with van der Waals surface area (Å²) in [5, 5.41) is 2.74. The number of allylic oxidation sites excluding steroid dienone is 1. The first-order valence-corrected chi connectivity index (χ1v) is 5.63. The summed E-state index contributed by atoms with van der Waals surface area (Å²) < 4.78 is 0. The molecule has 0 rings (SSSR count). The number of carbonyl (C=O) groups is 2. The lowest BCUT2D eigenvalue weighted by atomic mass is 9.80. The minimum absolute atomic E-state index is 0.0731. The lowest BCUT2D eigenvalue weighted by Gasteiger charge is -2.26. The van der Waals surface area contributed by atoms with Crippen LogP contribution in [0.2, 0.25) is 0 Å². The predicted octanol–water partition coefficient (Wildman–Crippen LogP) is 1.07. The molecule has 0 saturated heterocycles.